The van der Waals surface area contributed by atoms with Crippen LogP contribution in [0.15, 0.2) is 48.7 Å². The molecule has 1 nitrogen and oxygen atoms in total. The molecule has 0 N–H and O–H groups in total. The Labute approximate surface area is 90.5 Å². The van der Waals surface area contributed by atoms with Crippen molar-refractivity contribution in [1.82, 2.24) is 4.98 Å². The van der Waals surface area contributed by atoms with Crippen LogP contribution < -0.4 is 0 Å². The summed E-state index contributed by atoms with van der Waals surface area (Å²) in [6.07, 6.45) is 8.42. The number of pyridine rings is 1. The number of hydrogen-bond acceptors (Lipinski definition) is 1. The lowest BCUT2D eigenvalue weighted by atomic mass is 10.1. The second-order valence-corrected chi connectivity index (χ2v) is 3.64. The fraction of sp³-hybridized carbons (Fsp3) is 0.214. The van der Waals surface area contributed by atoms with Crippen molar-refractivity contribution in [3.63, 3.8) is 0 Å². The highest BCUT2D eigenvalue weighted by molar-refractivity contribution is 5.78. The molecule has 0 amide bonds. The standard InChI is InChI=1S/C14H15N/c1-2-3-4-7-12-10-13-8-5-6-9-14(13)15-11-12/h2-3,5-6,8-11H,4,7H2,1H3. The van der Waals surface area contributed by atoms with Crippen molar-refractivity contribution >= 4 is 10.9 Å². The van der Waals surface area contributed by atoms with E-state index in [0.29, 0.717) is 0 Å². The van der Waals surface area contributed by atoms with Gasteiger partial charge in [-0.25, -0.2) is 0 Å². The molecular weight excluding hydrogens is 182 g/mol. The van der Waals surface area contributed by atoms with Gasteiger partial charge in [-0.2, -0.15) is 0 Å². The van der Waals surface area contributed by atoms with E-state index in [9.17, 15) is 0 Å². The Kier molecular flexibility index (Phi) is 3.13. The number of fused-ring (bicyclic) bond motifs is 1. The summed E-state index contributed by atoms with van der Waals surface area (Å²) in [5.41, 5.74) is 2.39. The predicted molar refractivity (Wildman–Crippen MR) is 64.9 cm³/mol. The van der Waals surface area contributed by atoms with E-state index < -0.39 is 0 Å². The van der Waals surface area contributed by atoms with E-state index in [1.54, 1.807) is 0 Å². The Hall–Kier alpha value is -1.63. The van der Waals surface area contributed by atoms with Gasteiger partial charge in [0.25, 0.3) is 0 Å². The van der Waals surface area contributed by atoms with E-state index in [2.05, 4.69) is 42.3 Å². The third-order valence-corrected chi connectivity index (χ3v) is 2.48. The van der Waals surface area contributed by atoms with Gasteiger partial charge in [0, 0.05) is 11.6 Å². The summed E-state index contributed by atoms with van der Waals surface area (Å²) in [6.45, 7) is 2.05. The van der Waals surface area contributed by atoms with Crippen molar-refractivity contribution in [2.75, 3.05) is 0 Å². The molecule has 15 heavy (non-hydrogen) atoms. The molecule has 2 aromatic rings. The van der Waals surface area contributed by atoms with Gasteiger partial charge in [0.1, 0.15) is 0 Å². The van der Waals surface area contributed by atoms with Gasteiger partial charge in [0.15, 0.2) is 0 Å². The molecule has 0 fully saturated rings. The highest BCUT2D eigenvalue weighted by Crippen LogP contribution is 2.13. The first kappa shape index (κ1) is 9.91. The van der Waals surface area contributed by atoms with Crippen LogP contribution in [0.5, 0.6) is 0 Å². The van der Waals surface area contributed by atoms with Crippen molar-refractivity contribution in [1.29, 1.82) is 0 Å². The summed E-state index contributed by atoms with van der Waals surface area (Å²) in [5.74, 6) is 0. The number of aryl methyl sites for hydroxylation is 1. The van der Waals surface area contributed by atoms with Crippen molar-refractivity contribution in [3.05, 3.63) is 54.2 Å². The second kappa shape index (κ2) is 4.74. The average Bonchev–Trinajstić information content (AvgIpc) is 2.29. The normalized spacial score (nSPS) is 11.3. The van der Waals surface area contributed by atoms with Crippen LogP contribution in [0, 0.1) is 0 Å². The van der Waals surface area contributed by atoms with E-state index in [0.717, 1.165) is 18.4 Å². The monoisotopic (exact) mass is 197 g/mol. The Morgan fingerprint density at radius 2 is 2.13 bits per heavy atom. The molecule has 0 bridgehead atoms. The minimum Gasteiger partial charge on any atom is -0.256 e. The zero-order chi connectivity index (χ0) is 10.5. The van der Waals surface area contributed by atoms with Crippen LogP contribution >= 0.6 is 0 Å². The zero-order valence-corrected chi connectivity index (χ0v) is 8.98. The first-order chi connectivity index (χ1) is 7.40. The molecule has 0 atom stereocenters. The average molecular weight is 197 g/mol. The molecule has 1 aromatic heterocycles. The Morgan fingerprint density at radius 3 is 3.00 bits per heavy atom. The first-order valence-corrected chi connectivity index (χ1v) is 5.35. The maximum Gasteiger partial charge on any atom is 0.0702 e. The molecule has 0 aliphatic rings. The van der Waals surface area contributed by atoms with Crippen LogP contribution in [0.25, 0.3) is 10.9 Å². The van der Waals surface area contributed by atoms with Gasteiger partial charge in [-0.3, -0.25) is 4.98 Å². The molecule has 0 aliphatic carbocycles. The second-order valence-electron chi connectivity index (χ2n) is 3.64. The van der Waals surface area contributed by atoms with Gasteiger partial charge >= 0.3 is 0 Å². The molecular formula is C14H15N. The van der Waals surface area contributed by atoms with E-state index in [1.165, 1.54) is 10.9 Å². The van der Waals surface area contributed by atoms with Gasteiger partial charge in [0.05, 0.1) is 5.52 Å². The highest BCUT2D eigenvalue weighted by Gasteiger charge is 1.95. The number of aromatic nitrogens is 1. The van der Waals surface area contributed by atoms with Crippen molar-refractivity contribution in [3.8, 4) is 0 Å². The Balaban J connectivity index is 2.23. The molecule has 0 saturated heterocycles. The van der Waals surface area contributed by atoms with Crippen molar-refractivity contribution in [2.24, 2.45) is 0 Å². The molecule has 1 heteroatoms. The van der Waals surface area contributed by atoms with Crippen LogP contribution in [-0.2, 0) is 6.42 Å². The van der Waals surface area contributed by atoms with E-state index in [4.69, 9.17) is 0 Å². The highest BCUT2D eigenvalue weighted by atomic mass is 14.6. The lowest BCUT2D eigenvalue weighted by Crippen LogP contribution is -1.86. The number of hydrogen-bond donors (Lipinski definition) is 0. The maximum absolute atomic E-state index is 4.44. The van der Waals surface area contributed by atoms with Crippen LogP contribution in [0.1, 0.15) is 18.9 Å². The number of nitrogens with zero attached hydrogens (tertiary/aromatic N) is 1. The minimum atomic E-state index is 1.07. The van der Waals surface area contributed by atoms with E-state index >= 15 is 0 Å². The van der Waals surface area contributed by atoms with Crippen LogP contribution in [-0.4, -0.2) is 4.98 Å². The van der Waals surface area contributed by atoms with Gasteiger partial charge in [-0.1, -0.05) is 30.4 Å². The van der Waals surface area contributed by atoms with Gasteiger partial charge in [-0.05, 0) is 37.5 Å². The summed E-state index contributed by atoms with van der Waals surface area (Å²) >= 11 is 0. The number of para-hydroxylation sites is 1. The van der Waals surface area contributed by atoms with Crippen LogP contribution in [0.3, 0.4) is 0 Å². The molecule has 1 aromatic carbocycles. The van der Waals surface area contributed by atoms with Gasteiger partial charge < -0.3 is 0 Å². The third-order valence-electron chi connectivity index (χ3n) is 2.48. The molecule has 0 spiro atoms. The molecule has 76 valence electrons. The minimum absolute atomic E-state index is 1.07. The summed E-state index contributed by atoms with van der Waals surface area (Å²) in [5, 5.41) is 1.23. The van der Waals surface area contributed by atoms with Crippen molar-refractivity contribution < 1.29 is 0 Å². The lowest BCUT2D eigenvalue weighted by molar-refractivity contribution is 0.992. The topological polar surface area (TPSA) is 12.9 Å². The number of allylic oxidation sites excluding steroid dienone is 2. The maximum atomic E-state index is 4.44. The summed E-state index contributed by atoms with van der Waals surface area (Å²) in [7, 11) is 0. The first-order valence-electron chi connectivity index (χ1n) is 5.35. The number of benzene rings is 1. The number of rotatable bonds is 3. The van der Waals surface area contributed by atoms with E-state index in [1.807, 2.05) is 18.3 Å². The summed E-state index contributed by atoms with van der Waals surface area (Å²) in [4.78, 5) is 4.44. The van der Waals surface area contributed by atoms with Crippen LogP contribution in [0.2, 0.25) is 0 Å². The Bertz CT molecular complexity index is 471. The SMILES string of the molecule is CC=CCCc1cnc2ccccc2c1. The summed E-state index contributed by atoms with van der Waals surface area (Å²) < 4.78 is 0. The smallest absolute Gasteiger partial charge is 0.0702 e. The van der Waals surface area contributed by atoms with E-state index in [-0.39, 0.29) is 0 Å². The fourth-order valence-electron chi connectivity index (χ4n) is 1.67. The predicted octanol–water partition coefficient (Wildman–Crippen LogP) is 3.74. The molecule has 1 heterocycles. The molecule has 2 rings (SSSR count). The zero-order valence-electron chi connectivity index (χ0n) is 8.98. The largest absolute Gasteiger partial charge is 0.256 e. The lowest BCUT2D eigenvalue weighted by Gasteiger charge is -2.00. The van der Waals surface area contributed by atoms with Gasteiger partial charge in [0.2, 0.25) is 0 Å². The van der Waals surface area contributed by atoms with Crippen LogP contribution in [0.4, 0.5) is 0 Å². The van der Waals surface area contributed by atoms with Gasteiger partial charge in [-0.15, -0.1) is 0 Å². The third kappa shape index (κ3) is 2.44. The Morgan fingerprint density at radius 1 is 1.27 bits per heavy atom. The molecule has 0 aliphatic heterocycles. The molecule has 0 radical (unpaired) electrons. The summed E-state index contributed by atoms with van der Waals surface area (Å²) in [6, 6.07) is 10.5. The van der Waals surface area contributed by atoms with Crippen molar-refractivity contribution in [2.45, 2.75) is 19.8 Å². The quantitative estimate of drug-likeness (QED) is 0.683. The fourth-order valence-corrected chi connectivity index (χ4v) is 1.67. The molecule has 0 saturated carbocycles. The molecule has 0 unspecified atom stereocenters.